The Morgan fingerprint density at radius 1 is 0.793 bits per heavy atom. The topological polar surface area (TPSA) is 74.3 Å². The summed E-state index contributed by atoms with van der Waals surface area (Å²) in [6.45, 7) is 2.79. The molecule has 0 bridgehead atoms. The Labute approximate surface area is 167 Å². The Morgan fingerprint density at radius 3 is 2.10 bits per heavy atom. The van der Waals surface area contributed by atoms with Gasteiger partial charge >= 0.3 is 0 Å². The average Bonchev–Trinajstić information content (AvgIpc) is 2.97. The highest BCUT2D eigenvalue weighted by Gasteiger charge is 2.36. The lowest BCUT2D eigenvalue weighted by Crippen LogP contribution is -2.29. The summed E-state index contributed by atoms with van der Waals surface area (Å²) in [6, 6.07) is 10.1. The summed E-state index contributed by atoms with van der Waals surface area (Å²) in [5.74, 6) is -0.991. The predicted octanol–water partition coefficient (Wildman–Crippen LogP) is 2.68. The number of imide groups is 1. The lowest BCUT2D eigenvalue weighted by molar-refractivity contribution is 0.0180. The first-order valence-electron chi connectivity index (χ1n) is 9.17. The first-order valence-corrected chi connectivity index (χ1v) is 9.17. The highest BCUT2D eigenvalue weighted by Crippen LogP contribution is 2.29. The minimum atomic E-state index is -0.556. The maximum Gasteiger partial charge on any atom is 0.266 e. The Bertz CT molecular complexity index is 855. The number of anilines is 1. The number of ether oxygens (including phenoxy) is 4. The van der Waals surface area contributed by atoms with Crippen LogP contribution in [0.15, 0.2) is 42.5 Å². The van der Waals surface area contributed by atoms with Crippen molar-refractivity contribution in [1.82, 2.24) is 0 Å². The molecule has 0 radical (unpaired) electrons. The van der Waals surface area contributed by atoms with E-state index in [2.05, 4.69) is 0 Å². The van der Waals surface area contributed by atoms with Gasteiger partial charge in [0.25, 0.3) is 11.8 Å². The molecule has 1 aliphatic heterocycles. The summed E-state index contributed by atoms with van der Waals surface area (Å²) in [6.07, 6.45) is 0. The highest BCUT2D eigenvalue weighted by atomic mass is 19.1. The molecule has 2 amide bonds. The average molecular weight is 403 g/mol. The number of hydrogen-bond donors (Lipinski definition) is 0. The van der Waals surface area contributed by atoms with Gasteiger partial charge in [0.05, 0.1) is 49.8 Å². The fraction of sp³-hybridized carbons (Fsp3) is 0.333. The third-order valence-corrected chi connectivity index (χ3v) is 4.24. The first kappa shape index (κ1) is 20.9. The van der Waals surface area contributed by atoms with Gasteiger partial charge < -0.3 is 18.9 Å². The number of amides is 2. The van der Waals surface area contributed by atoms with E-state index in [0.29, 0.717) is 51.1 Å². The minimum Gasteiger partial charge on any atom is -0.491 e. The molecule has 3 rings (SSSR count). The van der Waals surface area contributed by atoms with Crippen LogP contribution in [0.2, 0.25) is 0 Å². The zero-order chi connectivity index (χ0) is 20.6. The molecule has 0 unspecified atom stereocenters. The van der Waals surface area contributed by atoms with Crippen LogP contribution in [0.3, 0.4) is 0 Å². The summed E-state index contributed by atoms with van der Waals surface area (Å²) in [5, 5.41) is 0. The largest absolute Gasteiger partial charge is 0.491 e. The Balaban J connectivity index is 1.46. The molecule has 1 aliphatic rings. The quantitative estimate of drug-likeness (QED) is 0.424. The van der Waals surface area contributed by atoms with Gasteiger partial charge in [-0.15, -0.1) is 0 Å². The Hall–Kier alpha value is -2.81. The second kappa shape index (κ2) is 10.1. The molecule has 0 fully saturated rings. The summed E-state index contributed by atoms with van der Waals surface area (Å²) in [5.41, 5.74) is 0.659. The second-order valence-electron chi connectivity index (χ2n) is 6.20. The van der Waals surface area contributed by atoms with Crippen LogP contribution in [0.5, 0.6) is 5.75 Å². The van der Waals surface area contributed by atoms with Crippen molar-refractivity contribution in [1.29, 1.82) is 0 Å². The molecule has 1 heterocycles. The first-order chi connectivity index (χ1) is 14.1. The molecule has 7 nitrogen and oxygen atoms in total. The van der Waals surface area contributed by atoms with E-state index in [9.17, 15) is 14.0 Å². The molecule has 154 valence electrons. The van der Waals surface area contributed by atoms with E-state index in [-0.39, 0.29) is 11.1 Å². The summed E-state index contributed by atoms with van der Waals surface area (Å²) < 4.78 is 34.5. The van der Waals surface area contributed by atoms with Gasteiger partial charge in [-0.3, -0.25) is 9.59 Å². The van der Waals surface area contributed by atoms with E-state index in [0.717, 1.165) is 17.0 Å². The van der Waals surface area contributed by atoms with Gasteiger partial charge in [-0.05, 0) is 42.5 Å². The van der Waals surface area contributed by atoms with Crippen molar-refractivity contribution in [2.24, 2.45) is 0 Å². The van der Waals surface area contributed by atoms with Gasteiger partial charge in [-0.2, -0.15) is 0 Å². The van der Waals surface area contributed by atoms with E-state index < -0.39 is 17.6 Å². The van der Waals surface area contributed by atoms with Gasteiger partial charge in [-0.1, -0.05) is 0 Å². The van der Waals surface area contributed by atoms with Gasteiger partial charge in [0.1, 0.15) is 18.2 Å². The van der Waals surface area contributed by atoms with Crippen molar-refractivity contribution in [3.05, 3.63) is 59.4 Å². The molecule has 0 aromatic heterocycles. The third-order valence-electron chi connectivity index (χ3n) is 4.24. The summed E-state index contributed by atoms with van der Waals surface area (Å²) in [4.78, 5) is 26.0. The number of nitrogens with zero attached hydrogens (tertiary/aromatic N) is 1. The molecule has 2 aromatic rings. The number of carbonyl (C=O) groups excluding carboxylic acids is 2. The maximum atomic E-state index is 13.4. The molecule has 2 aromatic carbocycles. The van der Waals surface area contributed by atoms with Crippen LogP contribution in [-0.2, 0) is 14.2 Å². The van der Waals surface area contributed by atoms with E-state index >= 15 is 0 Å². The molecule has 0 saturated heterocycles. The van der Waals surface area contributed by atoms with E-state index in [1.54, 1.807) is 31.4 Å². The number of benzene rings is 2. The van der Waals surface area contributed by atoms with E-state index in [1.165, 1.54) is 6.07 Å². The number of halogens is 1. The van der Waals surface area contributed by atoms with Crippen molar-refractivity contribution in [3.63, 3.8) is 0 Å². The van der Waals surface area contributed by atoms with Crippen molar-refractivity contribution < 1.29 is 32.9 Å². The lowest BCUT2D eigenvalue weighted by atomic mass is 10.1. The molecule has 0 spiro atoms. The Kier molecular flexibility index (Phi) is 7.29. The van der Waals surface area contributed by atoms with Crippen LogP contribution in [0.4, 0.5) is 10.1 Å². The van der Waals surface area contributed by atoms with E-state index in [4.69, 9.17) is 18.9 Å². The lowest BCUT2D eigenvalue weighted by Gasteiger charge is -2.14. The fourth-order valence-electron chi connectivity index (χ4n) is 2.82. The molecule has 8 heteroatoms. The fourth-order valence-corrected chi connectivity index (χ4v) is 2.82. The van der Waals surface area contributed by atoms with Crippen LogP contribution in [0, 0.1) is 5.82 Å². The normalized spacial score (nSPS) is 13.1. The molecule has 0 N–H and O–H groups in total. The molecular formula is C21H22FNO6. The zero-order valence-corrected chi connectivity index (χ0v) is 16.1. The van der Waals surface area contributed by atoms with Crippen LogP contribution in [-0.4, -0.2) is 58.6 Å². The molecule has 29 heavy (non-hydrogen) atoms. The molecule has 0 saturated carbocycles. The molecular weight excluding hydrogens is 381 g/mol. The van der Waals surface area contributed by atoms with Gasteiger partial charge in [0.2, 0.25) is 0 Å². The van der Waals surface area contributed by atoms with Gasteiger partial charge in [-0.25, -0.2) is 9.29 Å². The third kappa shape index (κ3) is 5.17. The van der Waals surface area contributed by atoms with Crippen molar-refractivity contribution in [2.45, 2.75) is 0 Å². The predicted molar refractivity (Wildman–Crippen MR) is 103 cm³/mol. The maximum absolute atomic E-state index is 13.4. The second-order valence-corrected chi connectivity index (χ2v) is 6.20. The summed E-state index contributed by atoms with van der Waals surface area (Å²) >= 11 is 0. The minimum absolute atomic E-state index is 0.0682. The number of methoxy groups -OCH3 is 1. The number of rotatable bonds is 11. The van der Waals surface area contributed by atoms with Crippen LogP contribution in [0.25, 0.3) is 0 Å². The monoisotopic (exact) mass is 403 g/mol. The number of fused-ring (bicyclic) bond motifs is 1. The van der Waals surface area contributed by atoms with E-state index in [1.807, 2.05) is 0 Å². The Morgan fingerprint density at radius 2 is 1.41 bits per heavy atom. The highest BCUT2D eigenvalue weighted by molar-refractivity contribution is 6.34. The van der Waals surface area contributed by atoms with Crippen LogP contribution in [0.1, 0.15) is 20.7 Å². The smallest absolute Gasteiger partial charge is 0.266 e. The van der Waals surface area contributed by atoms with Crippen molar-refractivity contribution in [2.75, 3.05) is 51.7 Å². The SMILES string of the molecule is COCCOCCOCCOc1ccc(N2C(=O)c3ccc(F)cc3C2=O)cc1. The summed E-state index contributed by atoms with van der Waals surface area (Å²) in [7, 11) is 1.62. The van der Waals surface area contributed by atoms with Crippen molar-refractivity contribution >= 4 is 17.5 Å². The van der Waals surface area contributed by atoms with Crippen molar-refractivity contribution in [3.8, 4) is 5.75 Å². The van der Waals surface area contributed by atoms with Crippen LogP contribution < -0.4 is 9.64 Å². The van der Waals surface area contributed by atoms with Gasteiger partial charge in [0.15, 0.2) is 0 Å². The van der Waals surface area contributed by atoms with Crippen LogP contribution >= 0.6 is 0 Å². The standard InChI is InChI=1S/C21H22FNO6/c1-26-8-9-27-10-11-28-12-13-29-17-5-3-16(4-6-17)23-20(24)18-7-2-15(22)14-19(18)21(23)25/h2-7,14H,8-13H2,1H3. The van der Waals surface area contributed by atoms with Gasteiger partial charge in [0, 0.05) is 7.11 Å². The molecule has 0 atom stereocenters. The zero-order valence-electron chi connectivity index (χ0n) is 16.1. The number of hydrogen-bond acceptors (Lipinski definition) is 6. The molecule has 0 aliphatic carbocycles. The number of carbonyl (C=O) groups is 2.